The predicted molar refractivity (Wildman–Crippen MR) is 66.6 cm³/mol. The van der Waals surface area contributed by atoms with Crippen LogP contribution in [0.25, 0.3) is 0 Å². The molecule has 94 valence electrons. The van der Waals surface area contributed by atoms with E-state index in [-0.39, 0.29) is 5.91 Å². The van der Waals surface area contributed by atoms with Crippen molar-refractivity contribution >= 4 is 11.6 Å². The molecule has 5 heteroatoms. The lowest BCUT2D eigenvalue weighted by molar-refractivity contribution is 0.0939. The van der Waals surface area contributed by atoms with Gasteiger partial charge in [-0.1, -0.05) is 13.3 Å². The second-order valence-electron chi connectivity index (χ2n) is 5.04. The Labute approximate surface area is 101 Å². The smallest absolute Gasteiger partial charge is 0.273 e. The number of carbonyl (C=O) groups excluding carboxylic acids is 1. The minimum Gasteiger partial charge on any atom is -0.395 e. The molecule has 1 aliphatic rings. The maximum absolute atomic E-state index is 11.9. The van der Waals surface area contributed by atoms with Gasteiger partial charge in [-0.2, -0.15) is 5.10 Å². The molecular formula is C12H20N4O. The van der Waals surface area contributed by atoms with Crippen molar-refractivity contribution in [1.82, 2.24) is 15.5 Å². The van der Waals surface area contributed by atoms with Gasteiger partial charge in [-0.25, -0.2) is 0 Å². The van der Waals surface area contributed by atoms with Gasteiger partial charge in [0, 0.05) is 6.54 Å². The lowest BCUT2D eigenvalue weighted by Crippen LogP contribution is -2.31. The molecule has 4 N–H and O–H groups in total. The summed E-state index contributed by atoms with van der Waals surface area (Å²) in [6.07, 6.45) is 4.79. The van der Waals surface area contributed by atoms with Gasteiger partial charge in [0.1, 0.15) is 0 Å². The fourth-order valence-electron chi connectivity index (χ4n) is 2.18. The van der Waals surface area contributed by atoms with Gasteiger partial charge in [0.15, 0.2) is 5.69 Å². The van der Waals surface area contributed by atoms with Crippen LogP contribution >= 0.6 is 0 Å². The van der Waals surface area contributed by atoms with Crippen LogP contribution < -0.4 is 11.1 Å². The van der Waals surface area contributed by atoms with E-state index in [0.717, 1.165) is 12.2 Å². The van der Waals surface area contributed by atoms with Crippen molar-refractivity contribution in [3.05, 3.63) is 11.4 Å². The Morgan fingerprint density at radius 1 is 1.59 bits per heavy atom. The lowest BCUT2D eigenvalue weighted by Gasteiger charge is -2.14. The van der Waals surface area contributed by atoms with Crippen LogP contribution in [0, 0.1) is 12.3 Å². The fourth-order valence-corrected chi connectivity index (χ4v) is 2.18. The molecule has 0 atom stereocenters. The molecule has 1 aromatic rings. The summed E-state index contributed by atoms with van der Waals surface area (Å²) >= 11 is 0. The number of aromatic nitrogens is 2. The zero-order valence-electron chi connectivity index (χ0n) is 10.5. The first kappa shape index (κ1) is 12.0. The Morgan fingerprint density at radius 3 is 2.76 bits per heavy atom. The second kappa shape index (κ2) is 4.39. The standard InChI is InChI=1S/C12H20N4O/c1-3-4-12(5-6-12)7-14-11(17)10-9(13)8(2)15-16-10/h3-7,13H2,1-2H3,(H,14,17)(H,15,16). The molecule has 0 radical (unpaired) electrons. The summed E-state index contributed by atoms with van der Waals surface area (Å²) < 4.78 is 0. The summed E-state index contributed by atoms with van der Waals surface area (Å²) in [6.45, 7) is 4.72. The third kappa shape index (κ3) is 2.43. The quantitative estimate of drug-likeness (QED) is 0.726. The van der Waals surface area contributed by atoms with E-state index in [4.69, 9.17) is 5.73 Å². The molecule has 1 saturated carbocycles. The van der Waals surface area contributed by atoms with E-state index in [1.807, 2.05) is 0 Å². The van der Waals surface area contributed by atoms with Crippen LogP contribution in [-0.2, 0) is 0 Å². The Kier molecular flexibility index (Phi) is 3.09. The molecule has 1 aromatic heterocycles. The van der Waals surface area contributed by atoms with Gasteiger partial charge in [0.25, 0.3) is 5.91 Å². The summed E-state index contributed by atoms with van der Waals surface area (Å²) in [5, 5.41) is 9.58. The molecule has 5 nitrogen and oxygen atoms in total. The molecule has 0 aromatic carbocycles. The Hall–Kier alpha value is -1.52. The van der Waals surface area contributed by atoms with Crippen LogP contribution in [0.15, 0.2) is 0 Å². The molecule has 1 amide bonds. The minimum absolute atomic E-state index is 0.172. The molecule has 0 unspecified atom stereocenters. The van der Waals surface area contributed by atoms with E-state index in [1.165, 1.54) is 25.7 Å². The fraction of sp³-hybridized carbons (Fsp3) is 0.667. The average molecular weight is 236 g/mol. The van der Waals surface area contributed by atoms with Gasteiger partial charge >= 0.3 is 0 Å². The van der Waals surface area contributed by atoms with Crippen LogP contribution in [0.5, 0.6) is 0 Å². The maximum atomic E-state index is 11.9. The van der Waals surface area contributed by atoms with Gasteiger partial charge < -0.3 is 11.1 Å². The number of rotatable bonds is 5. The second-order valence-corrected chi connectivity index (χ2v) is 5.04. The minimum atomic E-state index is -0.172. The van der Waals surface area contributed by atoms with E-state index < -0.39 is 0 Å². The topological polar surface area (TPSA) is 83.8 Å². The first-order valence-electron chi connectivity index (χ1n) is 6.16. The molecule has 1 fully saturated rings. The number of nitrogens with zero attached hydrogens (tertiary/aromatic N) is 1. The highest BCUT2D eigenvalue weighted by molar-refractivity contribution is 5.97. The third-order valence-corrected chi connectivity index (χ3v) is 3.57. The monoisotopic (exact) mass is 236 g/mol. The predicted octanol–water partition coefficient (Wildman–Crippen LogP) is 1.61. The van der Waals surface area contributed by atoms with Crippen LogP contribution in [0.3, 0.4) is 0 Å². The molecule has 17 heavy (non-hydrogen) atoms. The summed E-state index contributed by atoms with van der Waals surface area (Å²) in [5.74, 6) is -0.172. The number of hydrogen-bond donors (Lipinski definition) is 3. The number of nitrogens with one attached hydrogen (secondary N) is 2. The largest absolute Gasteiger partial charge is 0.395 e. The summed E-state index contributed by atoms with van der Waals surface area (Å²) in [4.78, 5) is 11.9. The molecule has 1 aliphatic carbocycles. The Balaban J connectivity index is 1.92. The van der Waals surface area contributed by atoms with Crippen LogP contribution in [0.2, 0.25) is 0 Å². The van der Waals surface area contributed by atoms with Gasteiger partial charge in [-0.05, 0) is 31.6 Å². The van der Waals surface area contributed by atoms with Crippen molar-refractivity contribution in [2.75, 3.05) is 12.3 Å². The third-order valence-electron chi connectivity index (χ3n) is 3.57. The van der Waals surface area contributed by atoms with Crippen LogP contribution in [0.4, 0.5) is 5.69 Å². The summed E-state index contributed by atoms with van der Waals surface area (Å²) in [6, 6.07) is 0. The number of anilines is 1. The van der Waals surface area contributed by atoms with Gasteiger partial charge in [0.2, 0.25) is 0 Å². The first-order chi connectivity index (χ1) is 8.08. The van der Waals surface area contributed by atoms with Crippen molar-refractivity contribution in [2.45, 2.75) is 39.5 Å². The van der Waals surface area contributed by atoms with Crippen molar-refractivity contribution in [2.24, 2.45) is 5.41 Å². The molecule has 0 spiro atoms. The highest BCUT2D eigenvalue weighted by atomic mass is 16.1. The average Bonchev–Trinajstić information content (AvgIpc) is 2.99. The summed E-state index contributed by atoms with van der Waals surface area (Å²) in [5.41, 5.74) is 7.62. The van der Waals surface area contributed by atoms with Gasteiger partial charge in [0.05, 0.1) is 11.4 Å². The van der Waals surface area contributed by atoms with E-state index in [0.29, 0.717) is 16.8 Å². The highest BCUT2D eigenvalue weighted by Gasteiger charge is 2.41. The van der Waals surface area contributed by atoms with Crippen molar-refractivity contribution in [1.29, 1.82) is 0 Å². The highest BCUT2D eigenvalue weighted by Crippen LogP contribution is 2.48. The Morgan fingerprint density at radius 2 is 2.29 bits per heavy atom. The molecule has 1 heterocycles. The number of nitrogen functional groups attached to an aromatic ring is 1. The number of aromatic amines is 1. The molecule has 0 bridgehead atoms. The number of aryl methyl sites for hydroxylation is 1. The van der Waals surface area contributed by atoms with Crippen molar-refractivity contribution in [3.8, 4) is 0 Å². The zero-order valence-corrected chi connectivity index (χ0v) is 10.5. The van der Waals surface area contributed by atoms with Gasteiger partial charge in [-0.3, -0.25) is 9.89 Å². The SMILES string of the molecule is CCCC1(CNC(=O)c2n[nH]c(C)c2N)CC1. The normalized spacial score (nSPS) is 16.8. The van der Waals surface area contributed by atoms with Crippen LogP contribution in [-0.4, -0.2) is 22.6 Å². The molecule has 2 rings (SSSR count). The molecule has 0 saturated heterocycles. The van der Waals surface area contributed by atoms with Crippen LogP contribution in [0.1, 0.15) is 48.8 Å². The number of carbonyl (C=O) groups is 1. The van der Waals surface area contributed by atoms with Gasteiger partial charge in [-0.15, -0.1) is 0 Å². The van der Waals surface area contributed by atoms with Crippen molar-refractivity contribution < 1.29 is 4.79 Å². The zero-order chi connectivity index (χ0) is 12.5. The lowest BCUT2D eigenvalue weighted by atomic mass is 10.0. The molecule has 0 aliphatic heterocycles. The summed E-state index contributed by atoms with van der Waals surface area (Å²) in [7, 11) is 0. The maximum Gasteiger partial charge on any atom is 0.273 e. The van der Waals surface area contributed by atoms with E-state index in [2.05, 4.69) is 22.4 Å². The number of H-pyrrole nitrogens is 1. The van der Waals surface area contributed by atoms with E-state index >= 15 is 0 Å². The number of nitrogens with two attached hydrogens (primary N) is 1. The molecular weight excluding hydrogens is 216 g/mol. The Bertz CT molecular complexity index is 420. The van der Waals surface area contributed by atoms with E-state index in [9.17, 15) is 4.79 Å². The first-order valence-corrected chi connectivity index (χ1v) is 6.16. The number of hydrogen-bond acceptors (Lipinski definition) is 3. The van der Waals surface area contributed by atoms with Crippen molar-refractivity contribution in [3.63, 3.8) is 0 Å². The van der Waals surface area contributed by atoms with E-state index in [1.54, 1.807) is 6.92 Å². The number of amides is 1.